The van der Waals surface area contributed by atoms with Crippen LogP contribution < -0.4 is 10.1 Å². The van der Waals surface area contributed by atoms with Crippen LogP contribution in [0.2, 0.25) is 5.15 Å². The Balaban J connectivity index is 2.79. The van der Waals surface area contributed by atoms with Crippen LogP contribution >= 0.6 is 22.9 Å². The topological polar surface area (TPSA) is 34.1 Å². The molecule has 0 saturated carbocycles. The summed E-state index contributed by atoms with van der Waals surface area (Å²) in [4.78, 5) is 4.98. The quantitative estimate of drug-likeness (QED) is 0.789. The van der Waals surface area contributed by atoms with Crippen molar-refractivity contribution >= 4 is 22.9 Å². The molecule has 0 spiro atoms. The minimum atomic E-state index is 0.529. The molecule has 0 amide bonds. The molecule has 5 heteroatoms. The molecule has 11 heavy (non-hydrogen) atoms. The molecule has 1 aromatic rings. The van der Waals surface area contributed by atoms with Crippen LogP contribution in [0.3, 0.4) is 0 Å². The minimum Gasteiger partial charge on any atom is -0.473 e. The Labute approximate surface area is 74.4 Å². The van der Waals surface area contributed by atoms with Crippen molar-refractivity contribution in [2.24, 2.45) is 0 Å². The molecule has 0 bridgehead atoms. The van der Waals surface area contributed by atoms with Gasteiger partial charge in [0.1, 0.15) is 5.15 Å². The van der Waals surface area contributed by atoms with Gasteiger partial charge in [-0.1, -0.05) is 22.9 Å². The van der Waals surface area contributed by atoms with Gasteiger partial charge in [0.25, 0.3) is 5.19 Å². The van der Waals surface area contributed by atoms with Crippen molar-refractivity contribution in [3.05, 3.63) is 10.0 Å². The summed E-state index contributed by atoms with van der Waals surface area (Å²) in [7, 11) is 3.45. The zero-order valence-electron chi connectivity index (χ0n) is 6.35. The third-order valence-electron chi connectivity index (χ3n) is 1.14. The first-order chi connectivity index (χ1) is 5.27. The average molecular weight is 193 g/mol. The Hall–Kier alpha value is -0.320. The van der Waals surface area contributed by atoms with E-state index < -0.39 is 0 Å². The van der Waals surface area contributed by atoms with Gasteiger partial charge in [0.15, 0.2) is 0 Å². The number of hydrogen-bond acceptors (Lipinski definition) is 4. The average Bonchev–Trinajstić information content (AvgIpc) is 2.33. The summed E-state index contributed by atoms with van der Waals surface area (Å²) in [5.74, 6) is 0. The number of halogens is 1. The zero-order chi connectivity index (χ0) is 8.27. The molecule has 0 saturated heterocycles. The number of aromatic nitrogens is 1. The maximum absolute atomic E-state index is 5.78. The molecule has 62 valence electrons. The lowest BCUT2D eigenvalue weighted by Crippen LogP contribution is -2.03. The van der Waals surface area contributed by atoms with Gasteiger partial charge in [0.2, 0.25) is 0 Å². The molecule has 0 aliphatic rings. The second-order valence-corrected chi connectivity index (χ2v) is 3.33. The molecule has 1 heterocycles. The fraction of sp³-hybridized carbons (Fsp3) is 0.500. The lowest BCUT2D eigenvalue weighted by Gasteiger charge is -1.91. The van der Waals surface area contributed by atoms with Crippen molar-refractivity contribution in [2.45, 2.75) is 6.54 Å². The van der Waals surface area contributed by atoms with E-state index in [0.717, 1.165) is 11.4 Å². The molecule has 0 unspecified atom stereocenters. The maximum atomic E-state index is 5.78. The first-order valence-corrected chi connectivity index (χ1v) is 4.31. The van der Waals surface area contributed by atoms with Crippen LogP contribution in [0.1, 0.15) is 4.88 Å². The van der Waals surface area contributed by atoms with Gasteiger partial charge in [-0.2, -0.15) is 4.98 Å². The summed E-state index contributed by atoms with van der Waals surface area (Å²) in [5.41, 5.74) is 0. The molecule has 0 radical (unpaired) electrons. The highest BCUT2D eigenvalue weighted by molar-refractivity contribution is 7.13. The molecule has 1 rings (SSSR count). The number of nitrogens with one attached hydrogen (secondary N) is 1. The van der Waals surface area contributed by atoms with Crippen LogP contribution in [0.4, 0.5) is 0 Å². The minimum absolute atomic E-state index is 0.529. The van der Waals surface area contributed by atoms with Gasteiger partial charge in [0.05, 0.1) is 12.0 Å². The lowest BCUT2D eigenvalue weighted by molar-refractivity contribution is 0.412. The number of nitrogens with zero attached hydrogens (tertiary/aromatic N) is 1. The van der Waals surface area contributed by atoms with E-state index in [4.69, 9.17) is 16.3 Å². The Morgan fingerprint density at radius 2 is 2.45 bits per heavy atom. The maximum Gasteiger partial charge on any atom is 0.274 e. The van der Waals surface area contributed by atoms with Crippen molar-refractivity contribution in [1.82, 2.24) is 10.3 Å². The summed E-state index contributed by atoms with van der Waals surface area (Å²) in [6.07, 6.45) is 0. The Kier molecular flexibility index (Phi) is 3.11. The Morgan fingerprint density at radius 3 is 2.91 bits per heavy atom. The Morgan fingerprint density at radius 1 is 1.73 bits per heavy atom. The molecule has 0 aliphatic heterocycles. The van der Waals surface area contributed by atoms with Crippen molar-refractivity contribution in [3.8, 4) is 5.19 Å². The van der Waals surface area contributed by atoms with Gasteiger partial charge >= 0.3 is 0 Å². The molecular weight excluding hydrogens is 184 g/mol. The molecule has 1 aromatic heterocycles. The summed E-state index contributed by atoms with van der Waals surface area (Å²) in [5, 5.41) is 4.13. The number of rotatable bonds is 3. The summed E-state index contributed by atoms with van der Waals surface area (Å²) >= 11 is 7.24. The molecule has 0 atom stereocenters. The standard InChI is InChI=1S/C6H9ClN2OS/c1-8-3-4-5(7)9-6(10-2)11-4/h8H,3H2,1-2H3. The van der Waals surface area contributed by atoms with E-state index in [1.54, 1.807) is 7.11 Å². The predicted octanol–water partition coefficient (Wildman–Crippen LogP) is 1.52. The van der Waals surface area contributed by atoms with E-state index in [1.165, 1.54) is 11.3 Å². The highest BCUT2D eigenvalue weighted by Crippen LogP contribution is 2.27. The second-order valence-electron chi connectivity index (χ2n) is 1.93. The molecular formula is C6H9ClN2OS. The largest absolute Gasteiger partial charge is 0.473 e. The fourth-order valence-corrected chi connectivity index (χ4v) is 1.76. The van der Waals surface area contributed by atoms with Crippen LogP contribution in [0.15, 0.2) is 0 Å². The van der Waals surface area contributed by atoms with E-state index >= 15 is 0 Å². The third-order valence-corrected chi connectivity index (χ3v) is 2.58. The van der Waals surface area contributed by atoms with Gasteiger partial charge in [-0.15, -0.1) is 0 Å². The first-order valence-electron chi connectivity index (χ1n) is 3.11. The van der Waals surface area contributed by atoms with Crippen LogP contribution in [0, 0.1) is 0 Å². The van der Waals surface area contributed by atoms with Gasteiger partial charge in [-0.05, 0) is 7.05 Å². The SMILES string of the molecule is CNCc1sc(OC)nc1Cl. The highest BCUT2D eigenvalue weighted by Gasteiger charge is 2.07. The van der Waals surface area contributed by atoms with E-state index in [-0.39, 0.29) is 0 Å². The van der Waals surface area contributed by atoms with E-state index in [0.29, 0.717) is 10.3 Å². The smallest absolute Gasteiger partial charge is 0.274 e. The highest BCUT2D eigenvalue weighted by atomic mass is 35.5. The number of methoxy groups -OCH3 is 1. The summed E-state index contributed by atoms with van der Waals surface area (Å²) < 4.78 is 4.92. The van der Waals surface area contributed by atoms with Crippen molar-refractivity contribution in [2.75, 3.05) is 14.2 Å². The van der Waals surface area contributed by atoms with Crippen molar-refractivity contribution in [1.29, 1.82) is 0 Å². The van der Waals surface area contributed by atoms with Gasteiger partial charge in [-0.25, -0.2) is 0 Å². The predicted molar refractivity (Wildman–Crippen MR) is 46.4 cm³/mol. The second kappa shape index (κ2) is 3.90. The van der Waals surface area contributed by atoms with E-state index in [1.807, 2.05) is 7.05 Å². The van der Waals surface area contributed by atoms with Gasteiger partial charge in [0, 0.05) is 6.54 Å². The lowest BCUT2D eigenvalue weighted by atomic mass is 10.5. The van der Waals surface area contributed by atoms with Crippen LogP contribution in [0.25, 0.3) is 0 Å². The zero-order valence-corrected chi connectivity index (χ0v) is 7.92. The summed E-state index contributed by atoms with van der Waals surface area (Å²) in [6, 6.07) is 0. The van der Waals surface area contributed by atoms with Crippen LogP contribution in [-0.2, 0) is 6.54 Å². The van der Waals surface area contributed by atoms with E-state index in [2.05, 4.69) is 10.3 Å². The normalized spacial score (nSPS) is 10.1. The van der Waals surface area contributed by atoms with Gasteiger partial charge < -0.3 is 10.1 Å². The molecule has 1 N–H and O–H groups in total. The van der Waals surface area contributed by atoms with Crippen molar-refractivity contribution < 1.29 is 4.74 Å². The molecule has 0 aromatic carbocycles. The molecule has 3 nitrogen and oxygen atoms in total. The number of hydrogen-bond donors (Lipinski definition) is 1. The number of thiazole rings is 1. The number of ether oxygens (including phenoxy) is 1. The van der Waals surface area contributed by atoms with Crippen LogP contribution in [-0.4, -0.2) is 19.1 Å². The van der Waals surface area contributed by atoms with E-state index in [9.17, 15) is 0 Å². The fourth-order valence-electron chi connectivity index (χ4n) is 0.670. The Bertz CT molecular complexity index is 238. The van der Waals surface area contributed by atoms with Crippen molar-refractivity contribution in [3.63, 3.8) is 0 Å². The molecule has 0 aliphatic carbocycles. The third kappa shape index (κ3) is 2.05. The van der Waals surface area contributed by atoms with Gasteiger partial charge in [-0.3, -0.25) is 0 Å². The monoisotopic (exact) mass is 192 g/mol. The molecule has 0 fully saturated rings. The first kappa shape index (κ1) is 8.77. The summed E-state index contributed by atoms with van der Waals surface area (Å²) in [6.45, 7) is 0.736. The van der Waals surface area contributed by atoms with Crippen LogP contribution in [0.5, 0.6) is 5.19 Å².